The van der Waals surface area contributed by atoms with E-state index in [9.17, 15) is 4.79 Å². The van der Waals surface area contributed by atoms with Crippen LogP contribution in [-0.2, 0) is 11.9 Å². The fraction of sp³-hybridized carbons (Fsp3) is 0.0667. The summed E-state index contributed by atoms with van der Waals surface area (Å²) in [7, 11) is 1.76. The monoisotopic (exact) mass is 494 g/mol. The van der Waals surface area contributed by atoms with Crippen molar-refractivity contribution in [3.8, 4) is 23.5 Å². The van der Waals surface area contributed by atoms with Gasteiger partial charge in [-0.1, -0.05) is 53.9 Å². The molecule has 2 aromatic heterocycles. The highest BCUT2D eigenvalue weighted by Crippen LogP contribution is 2.44. The molecular formula is C30H20Cl2N2O. The summed E-state index contributed by atoms with van der Waals surface area (Å²) in [6.45, 7) is 0. The Balaban J connectivity index is 1.83. The van der Waals surface area contributed by atoms with Crippen molar-refractivity contribution in [2.45, 2.75) is 4.87 Å². The van der Waals surface area contributed by atoms with Crippen LogP contribution < -0.4 is 5.56 Å². The molecule has 0 unspecified atom stereocenters. The van der Waals surface area contributed by atoms with Gasteiger partial charge in [0.15, 0.2) is 0 Å². The lowest BCUT2D eigenvalue weighted by Gasteiger charge is -2.29. The maximum absolute atomic E-state index is 12.8. The van der Waals surface area contributed by atoms with Crippen molar-refractivity contribution < 1.29 is 0 Å². The number of halogens is 2. The van der Waals surface area contributed by atoms with Crippen LogP contribution in [0.3, 0.4) is 0 Å². The van der Waals surface area contributed by atoms with E-state index >= 15 is 0 Å². The van der Waals surface area contributed by atoms with E-state index in [0.29, 0.717) is 5.02 Å². The molecule has 2 heterocycles. The lowest BCUT2D eigenvalue weighted by Crippen LogP contribution is -2.23. The van der Waals surface area contributed by atoms with Crippen LogP contribution in [0.4, 0.5) is 0 Å². The van der Waals surface area contributed by atoms with Crippen LogP contribution in [0.25, 0.3) is 22.0 Å². The molecule has 0 aliphatic heterocycles. The standard InChI is InChI=1S/C30H20Cl2N2O/c1-3-20-6-4-7-21(16-20)26-18-29(35)34(2)28-14-11-23(17-27(26)28)30(32,24-8-5-15-33-19-24)22-9-12-25(31)13-10-22/h1,4-19H,2H3/t30-/m1/s1. The van der Waals surface area contributed by atoms with Crippen LogP contribution in [0, 0.1) is 12.3 Å². The van der Waals surface area contributed by atoms with Crippen LogP contribution in [-0.4, -0.2) is 9.55 Å². The van der Waals surface area contributed by atoms with Crippen molar-refractivity contribution in [3.63, 3.8) is 0 Å². The van der Waals surface area contributed by atoms with Gasteiger partial charge < -0.3 is 4.57 Å². The molecule has 0 amide bonds. The molecule has 170 valence electrons. The van der Waals surface area contributed by atoms with Gasteiger partial charge >= 0.3 is 0 Å². The summed E-state index contributed by atoms with van der Waals surface area (Å²) >= 11 is 13.7. The van der Waals surface area contributed by atoms with Crippen molar-refractivity contribution in [2.24, 2.45) is 7.05 Å². The average Bonchev–Trinajstić information content (AvgIpc) is 2.91. The number of terminal acetylenes is 1. The molecule has 0 bridgehead atoms. The van der Waals surface area contributed by atoms with Gasteiger partial charge in [-0.3, -0.25) is 9.78 Å². The molecule has 5 heteroatoms. The number of fused-ring (bicyclic) bond motifs is 1. The second-order valence-corrected chi connectivity index (χ2v) is 9.32. The molecule has 0 fully saturated rings. The second-order valence-electron chi connectivity index (χ2n) is 8.32. The fourth-order valence-corrected chi connectivity index (χ4v) is 4.92. The van der Waals surface area contributed by atoms with Crippen LogP contribution >= 0.6 is 23.2 Å². The minimum Gasteiger partial charge on any atom is -0.311 e. The number of hydrogen-bond donors (Lipinski definition) is 0. The Morgan fingerprint density at radius 2 is 1.69 bits per heavy atom. The molecule has 3 nitrogen and oxygen atoms in total. The third kappa shape index (κ3) is 4.02. The lowest BCUT2D eigenvalue weighted by atomic mass is 9.83. The lowest BCUT2D eigenvalue weighted by molar-refractivity contribution is 0.868. The summed E-state index contributed by atoms with van der Waals surface area (Å²) in [5.41, 5.74) is 5.63. The Morgan fingerprint density at radius 1 is 0.914 bits per heavy atom. The molecule has 0 radical (unpaired) electrons. The summed E-state index contributed by atoms with van der Waals surface area (Å²) in [6, 6.07) is 26.5. The SMILES string of the molecule is C#Cc1cccc(-c2cc(=O)n(C)c3ccc([C@](Cl)(c4ccc(Cl)cc4)c4cccnc4)cc23)c1. The minimum absolute atomic E-state index is 0.103. The molecule has 0 aliphatic carbocycles. The first-order valence-corrected chi connectivity index (χ1v) is 11.7. The van der Waals surface area contributed by atoms with Gasteiger partial charge in [0.2, 0.25) is 0 Å². The summed E-state index contributed by atoms with van der Waals surface area (Å²) in [5.74, 6) is 2.67. The van der Waals surface area contributed by atoms with Crippen LogP contribution in [0.2, 0.25) is 5.02 Å². The van der Waals surface area contributed by atoms with Gasteiger partial charge in [0, 0.05) is 47.0 Å². The zero-order valence-electron chi connectivity index (χ0n) is 18.9. The molecule has 0 aliphatic rings. The maximum Gasteiger partial charge on any atom is 0.251 e. The molecule has 0 saturated carbocycles. The van der Waals surface area contributed by atoms with E-state index in [1.54, 1.807) is 30.1 Å². The van der Waals surface area contributed by atoms with E-state index in [1.807, 2.05) is 78.9 Å². The first-order valence-electron chi connectivity index (χ1n) is 11.0. The molecule has 0 N–H and O–H groups in total. The van der Waals surface area contributed by atoms with Gasteiger partial charge in [-0.2, -0.15) is 0 Å². The van der Waals surface area contributed by atoms with E-state index in [0.717, 1.165) is 44.3 Å². The molecule has 3 aromatic carbocycles. The number of hydrogen-bond acceptors (Lipinski definition) is 2. The van der Waals surface area contributed by atoms with E-state index in [-0.39, 0.29) is 5.56 Å². The zero-order valence-corrected chi connectivity index (χ0v) is 20.4. The predicted molar refractivity (Wildman–Crippen MR) is 144 cm³/mol. The number of pyridine rings is 2. The van der Waals surface area contributed by atoms with Gasteiger partial charge in [0.1, 0.15) is 4.87 Å². The molecule has 1 atom stereocenters. The number of benzene rings is 3. The highest BCUT2D eigenvalue weighted by atomic mass is 35.5. The smallest absolute Gasteiger partial charge is 0.251 e. The highest BCUT2D eigenvalue weighted by Gasteiger charge is 2.35. The van der Waals surface area contributed by atoms with Gasteiger partial charge in [-0.05, 0) is 64.7 Å². The Hall–Kier alpha value is -3.84. The third-order valence-electron chi connectivity index (χ3n) is 6.29. The number of aryl methyl sites for hydroxylation is 1. The van der Waals surface area contributed by atoms with Gasteiger partial charge in [-0.25, -0.2) is 0 Å². The molecular weight excluding hydrogens is 475 g/mol. The first kappa shape index (κ1) is 22.9. The molecule has 0 saturated heterocycles. The summed E-state index contributed by atoms with van der Waals surface area (Å²) in [4.78, 5) is 16.1. The van der Waals surface area contributed by atoms with E-state index < -0.39 is 4.87 Å². The fourth-order valence-electron chi connectivity index (χ4n) is 4.44. The highest BCUT2D eigenvalue weighted by molar-refractivity contribution is 6.31. The quantitative estimate of drug-likeness (QED) is 0.204. The van der Waals surface area contributed by atoms with Crippen molar-refractivity contribution in [3.05, 3.63) is 135 Å². The van der Waals surface area contributed by atoms with E-state index in [2.05, 4.69) is 10.9 Å². The average molecular weight is 495 g/mol. The molecule has 5 aromatic rings. The summed E-state index contributed by atoms with van der Waals surface area (Å²) in [6.07, 6.45) is 9.12. The Morgan fingerprint density at radius 3 is 2.40 bits per heavy atom. The molecule has 5 rings (SSSR count). The van der Waals surface area contributed by atoms with Crippen molar-refractivity contribution in [1.82, 2.24) is 9.55 Å². The summed E-state index contributed by atoms with van der Waals surface area (Å²) < 4.78 is 1.63. The minimum atomic E-state index is -1.03. The Labute approximate surface area is 213 Å². The molecule has 35 heavy (non-hydrogen) atoms. The van der Waals surface area contributed by atoms with E-state index in [4.69, 9.17) is 29.6 Å². The topological polar surface area (TPSA) is 34.9 Å². The summed E-state index contributed by atoms with van der Waals surface area (Å²) in [5, 5.41) is 1.52. The van der Waals surface area contributed by atoms with E-state index in [1.165, 1.54) is 0 Å². The van der Waals surface area contributed by atoms with Gasteiger partial charge in [-0.15, -0.1) is 18.0 Å². The number of alkyl halides is 1. The Kier molecular flexibility index (Phi) is 5.94. The first-order chi connectivity index (χ1) is 16.9. The molecule has 0 spiro atoms. The normalized spacial score (nSPS) is 12.7. The third-order valence-corrected chi connectivity index (χ3v) is 7.19. The van der Waals surface area contributed by atoms with Crippen molar-refractivity contribution >= 4 is 34.1 Å². The number of rotatable bonds is 4. The zero-order chi connectivity index (χ0) is 24.6. The number of aromatic nitrogens is 2. The van der Waals surface area contributed by atoms with Gasteiger partial charge in [0.05, 0.1) is 5.52 Å². The van der Waals surface area contributed by atoms with Crippen molar-refractivity contribution in [2.75, 3.05) is 0 Å². The predicted octanol–water partition coefficient (Wildman–Crippen LogP) is 6.77. The van der Waals surface area contributed by atoms with Crippen LogP contribution in [0.1, 0.15) is 22.3 Å². The Bertz CT molecular complexity index is 1650. The van der Waals surface area contributed by atoms with Crippen LogP contribution in [0.15, 0.2) is 102 Å². The van der Waals surface area contributed by atoms with Crippen LogP contribution in [0.5, 0.6) is 0 Å². The van der Waals surface area contributed by atoms with Gasteiger partial charge in [0.25, 0.3) is 5.56 Å². The second kappa shape index (κ2) is 9.07. The van der Waals surface area contributed by atoms with Crippen molar-refractivity contribution in [1.29, 1.82) is 0 Å². The largest absolute Gasteiger partial charge is 0.311 e. The maximum atomic E-state index is 12.8. The number of nitrogens with zero attached hydrogens (tertiary/aromatic N) is 2.